The number of fused-ring (bicyclic) bond motifs is 3. The molecule has 4 aliphatic heterocycles. The van der Waals surface area contributed by atoms with Crippen LogP contribution in [0.5, 0.6) is 0 Å². The predicted molar refractivity (Wildman–Crippen MR) is 94.6 cm³/mol. The molecule has 0 saturated carbocycles. The minimum Gasteiger partial charge on any atom is -0.358 e. The molecule has 1 aromatic carbocycles. The van der Waals surface area contributed by atoms with Crippen molar-refractivity contribution in [2.45, 2.75) is 50.4 Å². The highest BCUT2D eigenvalue weighted by Crippen LogP contribution is 2.40. The Bertz CT molecular complexity index is 890. The summed E-state index contributed by atoms with van der Waals surface area (Å²) in [5, 5.41) is 5.49. The number of imide groups is 1. The normalized spacial score (nSPS) is 29.4. The highest BCUT2D eigenvalue weighted by atomic mass is 19.1. The smallest absolute Gasteiger partial charge is 0.255 e. The number of benzene rings is 1. The molecule has 3 saturated heterocycles. The van der Waals surface area contributed by atoms with Crippen LogP contribution in [0.15, 0.2) is 6.07 Å². The van der Waals surface area contributed by atoms with Crippen molar-refractivity contribution in [3.63, 3.8) is 0 Å². The van der Waals surface area contributed by atoms with Crippen LogP contribution in [0.3, 0.4) is 0 Å². The SMILES string of the molecule is O=C1CCC(N2Cc3c(cc(F)c(N4C5CCC4CNC5)c3F)C2=O)C(=O)N1. The first-order chi connectivity index (χ1) is 13.5. The minimum absolute atomic E-state index is 0.0316. The molecule has 0 aromatic heterocycles. The number of piperazine rings is 1. The zero-order valence-corrected chi connectivity index (χ0v) is 15.1. The lowest BCUT2D eigenvalue weighted by atomic mass is 10.0. The first-order valence-corrected chi connectivity index (χ1v) is 9.60. The van der Waals surface area contributed by atoms with Gasteiger partial charge in [-0.1, -0.05) is 0 Å². The maximum Gasteiger partial charge on any atom is 0.255 e. The molecule has 9 heteroatoms. The number of nitrogens with zero attached hydrogens (tertiary/aromatic N) is 2. The molecule has 3 atom stereocenters. The molecule has 4 heterocycles. The van der Waals surface area contributed by atoms with Crippen molar-refractivity contribution < 1.29 is 23.2 Å². The van der Waals surface area contributed by atoms with Crippen molar-refractivity contribution in [1.29, 1.82) is 0 Å². The van der Waals surface area contributed by atoms with Crippen LogP contribution in [-0.4, -0.2) is 53.8 Å². The van der Waals surface area contributed by atoms with Crippen LogP contribution in [0.2, 0.25) is 0 Å². The van der Waals surface area contributed by atoms with Crippen molar-refractivity contribution in [2.24, 2.45) is 0 Å². The van der Waals surface area contributed by atoms with Crippen molar-refractivity contribution in [1.82, 2.24) is 15.5 Å². The second-order valence-corrected chi connectivity index (χ2v) is 7.90. The van der Waals surface area contributed by atoms with Gasteiger partial charge in [-0.15, -0.1) is 0 Å². The maximum atomic E-state index is 15.4. The van der Waals surface area contributed by atoms with Gasteiger partial charge in [0.2, 0.25) is 11.8 Å². The lowest BCUT2D eigenvalue weighted by molar-refractivity contribution is -0.136. The van der Waals surface area contributed by atoms with Crippen LogP contribution in [0.1, 0.15) is 41.6 Å². The van der Waals surface area contributed by atoms with E-state index in [0.29, 0.717) is 13.1 Å². The summed E-state index contributed by atoms with van der Waals surface area (Å²) in [4.78, 5) is 39.3. The number of nitrogens with one attached hydrogen (secondary N) is 2. The molecule has 0 radical (unpaired) electrons. The number of amides is 3. The zero-order valence-electron chi connectivity index (χ0n) is 15.1. The lowest BCUT2D eigenvalue weighted by Crippen LogP contribution is -2.52. The van der Waals surface area contributed by atoms with Crippen LogP contribution < -0.4 is 15.5 Å². The van der Waals surface area contributed by atoms with E-state index < -0.39 is 29.5 Å². The Balaban J connectivity index is 1.50. The molecule has 2 N–H and O–H groups in total. The van der Waals surface area contributed by atoms with Crippen molar-refractivity contribution in [3.8, 4) is 0 Å². The highest BCUT2D eigenvalue weighted by Gasteiger charge is 2.44. The van der Waals surface area contributed by atoms with E-state index in [1.165, 1.54) is 4.90 Å². The summed E-state index contributed by atoms with van der Waals surface area (Å²) in [6.07, 6.45) is 2.04. The number of carbonyl (C=O) groups is 3. The van der Waals surface area contributed by atoms with Crippen LogP contribution in [-0.2, 0) is 16.1 Å². The van der Waals surface area contributed by atoms with Gasteiger partial charge in [0.1, 0.15) is 17.5 Å². The van der Waals surface area contributed by atoms with Crippen molar-refractivity contribution in [2.75, 3.05) is 18.0 Å². The molecule has 3 amide bonds. The fourth-order valence-corrected chi connectivity index (χ4v) is 5.00. The monoisotopic (exact) mass is 390 g/mol. The van der Waals surface area contributed by atoms with E-state index >= 15 is 4.39 Å². The molecular formula is C19H20F2N4O3. The standard InChI is InChI=1S/C19H20F2N4O3/c20-13-5-11-12(8-24(19(11)28)14-3-4-15(26)23-18(14)27)16(21)17(13)25-9-1-2-10(25)7-22-6-9/h5,9-10,14,22H,1-4,6-8H2,(H,23,26,27). The number of rotatable bonds is 2. The molecule has 2 bridgehead atoms. The number of halogens is 2. The second-order valence-electron chi connectivity index (χ2n) is 7.90. The number of hydrogen-bond donors (Lipinski definition) is 2. The molecular weight excluding hydrogens is 370 g/mol. The van der Waals surface area contributed by atoms with Crippen molar-refractivity contribution >= 4 is 23.4 Å². The first-order valence-electron chi connectivity index (χ1n) is 9.60. The van der Waals surface area contributed by atoms with Gasteiger partial charge in [-0.25, -0.2) is 8.78 Å². The maximum absolute atomic E-state index is 15.4. The number of hydrogen-bond acceptors (Lipinski definition) is 5. The third-order valence-corrected chi connectivity index (χ3v) is 6.34. The molecule has 3 fully saturated rings. The summed E-state index contributed by atoms with van der Waals surface area (Å²) in [6, 6.07) is 0.316. The lowest BCUT2D eigenvalue weighted by Gasteiger charge is -2.37. The van der Waals surface area contributed by atoms with E-state index in [0.717, 1.165) is 18.9 Å². The topological polar surface area (TPSA) is 81.8 Å². The average Bonchev–Trinajstić information content (AvgIpc) is 3.08. The van der Waals surface area contributed by atoms with E-state index in [4.69, 9.17) is 0 Å². The average molecular weight is 390 g/mol. The molecule has 3 unspecified atom stereocenters. The van der Waals surface area contributed by atoms with Gasteiger partial charge in [-0.2, -0.15) is 0 Å². The third kappa shape index (κ3) is 2.45. The van der Waals surface area contributed by atoms with Crippen LogP contribution in [0.4, 0.5) is 14.5 Å². The Morgan fingerprint density at radius 1 is 1.04 bits per heavy atom. The summed E-state index contributed by atoms with van der Waals surface area (Å²) in [6.45, 7) is 1.25. The van der Waals surface area contributed by atoms with Gasteiger partial charge in [0.25, 0.3) is 5.91 Å². The fraction of sp³-hybridized carbons (Fsp3) is 0.526. The third-order valence-electron chi connectivity index (χ3n) is 6.34. The summed E-state index contributed by atoms with van der Waals surface area (Å²) < 4.78 is 30.4. The molecule has 0 spiro atoms. The van der Waals surface area contributed by atoms with Gasteiger partial charge in [0.05, 0.1) is 12.1 Å². The first kappa shape index (κ1) is 17.5. The molecule has 28 heavy (non-hydrogen) atoms. The van der Waals surface area contributed by atoms with Gasteiger partial charge in [0.15, 0.2) is 5.82 Å². The van der Waals surface area contributed by atoms with Gasteiger partial charge >= 0.3 is 0 Å². The van der Waals surface area contributed by atoms with Crippen LogP contribution >= 0.6 is 0 Å². The van der Waals surface area contributed by atoms with E-state index in [2.05, 4.69) is 10.6 Å². The van der Waals surface area contributed by atoms with E-state index in [1.807, 2.05) is 4.90 Å². The largest absolute Gasteiger partial charge is 0.358 e. The van der Waals surface area contributed by atoms with Gasteiger partial charge in [-0.05, 0) is 25.3 Å². The zero-order chi connectivity index (χ0) is 19.6. The highest BCUT2D eigenvalue weighted by molar-refractivity contribution is 6.05. The summed E-state index contributed by atoms with van der Waals surface area (Å²) in [7, 11) is 0. The quantitative estimate of drug-likeness (QED) is 0.726. The Morgan fingerprint density at radius 3 is 2.43 bits per heavy atom. The van der Waals surface area contributed by atoms with Gasteiger partial charge in [-0.3, -0.25) is 19.7 Å². The van der Waals surface area contributed by atoms with Gasteiger partial charge in [0, 0.05) is 37.2 Å². The Morgan fingerprint density at radius 2 is 1.75 bits per heavy atom. The van der Waals surface area contributed by atoms with E-state index in [-0.39, 0.29) is 54.2 Å². The molecule has 7 nitrogen and oxygen atoms in total. The molecule has 4 aliphatic rings. The predicted octanol–water partition coefficient (Wildman–Crippen LogP) is 0.666. The number of carbonyl (C=O) groups excluding carboxylic acids is 3. The second kappa shape index (κ2) is 6.23. The Labute approximate surface area is 160 Å². The summed E-state index contributed by atoms with van der Waals surface area (Å²) >= 11 is 0. The number of piperidine rings is 1. The molecule has 1 aromatic rings. The molecule has 5 rings (SSSR count). The minimum atomic E-state index is -0.848. The number of anilines is 1. The van der Waals surface area contributed by atoms with Gasteiger partial charge < -0.3 is 15.1 Å². The van der Waals surface area contributed by atoms with Crippen LogP contribution in [0.25, 0.3) is 0 Å². The summed E-state index contributed by atoms with van der Waals surface area (Å²) in [5.41, 5.74) is 0.0284. The van der Waals surface area contributed by atoms with Crippen molar-refractivity contribution in [3.05, 3.63) is 28.8 Å². The fourth-order valence-electron chi connectivity index (χ4n) is 5.00. The Kier molecular flexibility index (Phi) is 3.90. The van der Waals surface area contributed by atoms with Crippen LogP contribution in [0, 0.1) is 11.6 Å². The summed E-state index contributed by atoms with van der Waals surface area (Å²) in [5.74, 6) is -2.99. The molecule has 148 valence electrons. The van der Waals surface area contributed by atoms with E-state index in [9.17, 15) is 18.8 Å². The Hall–Kier alpha value is -2.55. The molecule has 0 aliphatic carbocycles. The van der Waals surface area contributed by atoms with E-state index in [1.54, 1.807) is 0 Å².